The Labute approximate surface area is 102 Å². The number of nitrogens with one attached hydrogen (secondary N) is 1. The number of aromatic nitrogens is 2. The van der Waals surface area contributed by atoms with Crippen molar-refractivity contribution in [2.24, 2.45) is 5.92 Å². The van der Waals surface area contributed by atoms with Gasteiger partial charge in [-0.2, -0.15) is 4.98 Å². The molecule has 1 aliphatic heterocycles. The number of ether oxygens (including phenoxy) is 1. The Hall–Kier alpha value is -0.940. The minimum absolute atomic E-state index is 0.462. The summed E-state index contributed by atoms with van der Waals surface area (Å²) in [6.07, 6.45) is 4.50. The molecule has 0 spiro atoms. The zero-order valence-electron chi connectivity index (χ0n) is 10.4. The van der Waals surface area contributed by atoms with E-state index in [2.05, 4.69) is 15.5 Å². The van der Waals surface area contributed by atoms with E-state index in [1.165, 1.54) is 19.4 Å². The molecule has 1 atom stereocenters. The van der Waals surface area contributed by atoms with Crippen LogP contribution in [0.5, 0.6) is 0 Å². The monoisotopic (exact) mass is 239 g/mol. The molecule has 0 aromatic carbocycles. The Kier molecular flexibility index (Phi) is 4.94. The number of piperidine rings is 1. The van der Waals surface area contributed by atoms with Crippen LogP contribution in [-0.4, -0.2) is 29.8 Å². The Morgan fingerprint density at radius 2 is 2.47 bits per heavy atom. The highest BCUT2D eigenvalue weighted by molar-refractivity contribution is 4.83. The van der Waals surface area contributed by atoms with E-state index < -0.39 is 0 Å². The third-order valence-corrected chi connectivity index (χ3v) is 3.11. The summed E-state index contributed by atoms with van der Waals surface area (Å²) in [5, 5.41) is 7.26. The highest BCUT2D eigenvalue weighted by Crippen LogP contribution is 2.13. The van der Waals surface area contributed by atoms with Crippen molar-refractivity contribution in [1.82, 2.24) is 15.5 Å². The molecular formula is C12H21N3O2. The third-order valence-electron chi connectivity index (χ3n) is 3.11. The number of hydrogen-bond acceptors (Lipinski definition) is 5. The molecule has 1 saturated heterocycles. The first-order valence-corrected chi connectivity index (χ1v) is 6.48. The molecule has 5 heteroatoms. The summed E-state index contributed by atoms with van der Waals surface area (Å²) >= 11 is 0. The van der Waals surface area contributed by atoms with Crippen molar-refractivity contribution < 1.29 is 9.26 Å². The van der Waals surface area contributed by atoms with Gasteiger partial charge in [0.2, 0.25) is 5.89 Å². The van der Waals surface area contributed by atoms with Crippen molar-refractivity contribution in [3.8, 4) is 0 Å². The van der Waals surface area contributed by atoms with Crippen molar-refractivity contribution in [2.75, 3.05) is 19.7 Å². The molecule has 1 aromatic rings. The number of hydrogen-bond donors (Lipinski definition) is 1. The first-order valence-electron chi connectivity index (χ1n) is 6.48. The lowest BCUT2D eigenvalue weighted by Crippen LogP contribution is -2.30. The van der Waals surface area contributed by atoms with Gasteiger partial charge >= 0.3 is 0 Å². The van der Waals surface area contributed by atoms with Crippen LogP contribution in [0.15, 0.2) is 4.52 Å². The lowest BCUT2D eigenvalue weighted by atomic mass is 9.97. The molecule has 1 unspecified atom stereocenters. The minimum Gasteiger partial charge on any atom is -0.373 e. The summed E-state index contributed by atoms with van der Waals surface area (Å²) in [5.41, 5.74) is 0. The molecule has 0 amide bonds. The van der Waals surface area contributed by atoms with Gasteiger partial charge in [-0.05, 0) is 38.3 Å². The fourth-order valence-electron chi connectivity index (χ4n) is 2.08. The van der Waals surface area contributed by atoms with Gasteiger partial charge in [0, 0.05) is 13.0 Å². The van der Waals surface area contributed by atoms with E-state index in [-0.39, 0.29) is 0 Å². The second-order valence-electron chi connectivity index (χ2n) is 4.51. The summed E-state index contributed by atoms with van der Waals surface area (Å²) in [6, 6.07) is 0. The van der Waals surface area contributed by atoms with Crippen molar-refractivity contribution in [1.29, 1.82) is 0 Å². The topological polar surface area (TPSA) is 60.2 Å². The van der Waals surface area contributed by atoms with Gasteiger partial charge in [-0.25, -0.2) is 0 Å². The maximum atomic E-state index is 5.57. The number of rotatable bonds is 6. The maximum absolute atomic E-state index is 5.57. The van der Waals surface area contributed by atoms with E-state index in [0.717, 1.165) is 31.9 Å². The van der Waals surface area contributed by atoms with Crippen LogP contribution in [0.2, 0.25) is 0 Å². The fourth-order valence-corrected chi connectivity index (χ4v) is 2.08. The molecule has 96 valence electrons. The van der Waals surface area contributed by atoms with Crippen LogP contribution in [0.4, 0.5) is 0 Å². The first kappa shape index (κ1) is 12.5. The zero-order chi connectivity index (χ0) is 11.9. The molecule has 1 aromatic heterocycles. The molecule has 0 saturated carbocycles. The molecule has 0 aliphatic carbocycles. The van der Waals surface area contributed by atoms with Gasteiger partial charge < -0.3 is 14.6 Å². The van der Waals surface area contributed by atoms with Gasteiger partial charge in [-0.3, -0.25) is 0 Å². The second kappa shape index (κ2) is 6.71. The molecular weight excluding hydrogens is 218 g/mol. The van der Waals surface area contributed by atoms with E-state index in [4.69, 9.17) is 9.26 Å². The van der Waals surface area contributed by atoms with Gasteiger partial charge in [0.1, 0.15) is 6.61 Å². The van der Waals surface area contributed by atoms with Crippen molar-refractivity contribution >= 4 is 0 Å². The molecule has 1 N–H and O–H groups in total. The molecule has 0 bridgehead atoms. The predicted molar refractivity (Wildman–Crippen MR) is 63.5 cm³/mol. The lowest BCUT2D eigenvalue weighted by molar-refractivity contribution is 0.0971. The summed E-state index contributed by atoms with van der Waals surface area (Å²) in [7, 11) is 0. The summed E-state index contributed by atoms with van der Waals surface area (Å²) in [6.45, 7) is 5.53. The maximum Gasteiger partial charge on any atom is 0.226 e. The Morgan fingerprint density at radius 3 is 3.18 bits per heavy atom. The van der Waals surface area contributed by atoms with Crippen LogP contribution in [0.25, 0.3) is 0 Å². The first-order chi connectivity index (χ1) is 8.38. The van der Waals surface area contributed by atoms with Crippen molar-refractivity contribution in [3.05, 3.63) is 11.7 Å². The molecule has 17 heavy (non-hydrogen) atoms. The number of nitrogens with zero attached hydrogens (tertiary/aromatic N) is 2. The minimum atomic E-state index is 0.462. The molecule has 2 rings (SSSR count). The highest BCUT2D eigenvalue weighted by Gasteiger charge is 2.12. The van der Waals surface area contributed by atoms with Crippen LogP contribution < -0.4 is 5.32 Å². The molecule has 2 heterocycles. The second-order valence-corrected chi connectivity index (χ2v) is 4.51. The Bertz CT molecular complexity index is 321. The standard InChI is InChI=1S/C12H21N3O2/c1-2-12-14-11(15-17-12)9-16-7-5-10-4-3-6-13-8-10/h10,13H,2-9H2,1H3. The van der Waals surface area contributed by atoms with Crippen LogP contribution in [-0.2, 0) is 17.8 Å². The van der Waals surface area contributed by atoms with E-state index in [0.29, 0.717) is 18.3 Å². The van der Waals surface area contributed by atoms with E-state index in [1.54, 1.807) is 0 Å². The van der Waals surface area contributed by atoms with Gasteiger partial charge in [0.05, 0.1) is 0 Å². The van der Waals surface area contributed by atoms with Crippen molar-refractivity contribution in [2.45, 2.75) is 39.2 Å². The van der Waals surface area contributed by atoms with Crippen LogP contribution in [0.3, 0.4) is 0 Å². The largest absolute Gasteiger partial charge is 0.373 e. The summed E-state index contributed by atoms with van der Waals surface area (Å²) < 4.78 is 10.6. The van der Waals surface area contributed by atoms with E-state index in [9.17, 15) is 0 Å². The molecule has 1 aliphatic rings. The summed E-state index contributed by atoms with van der Waals surface area (Å²) in [4.78, 5) is 4.20. The summed E-state index contributed by atoms with van der Waals surface area (Å²) in [5.74, 6) is 2.10. The fraction of sp³-hybridized carbons (Fsp3) is 0.833. The van der Waals surface area contributed by atoms with Gasteiger partial charge in [0.25, 0.3) is 0 Å². The van der Waals surface area contributed by atoms with Crippen LogP contribution in [0, 0.1) is 5.92 Å². The Morgan fingerprint density at radius 1 is 1.53 bits per heavy atom. The van der Waals surface area contributed by atoms with Gasteiger partial charge in [0.15, 0.2) is 5.82 Å². The normalized spacial score (nSPS) is 20.6. The van der Waals surface area contributed by atoms with Crippen molar-refractivity contribution in [3.63, 3.8) is 0 Å². The third kappa shape index (κ3) is 4.09. The average molecular weight is 239 g/mol. The average Bonchev–Trinajstić information content (AvgIpc) is 2.84. The SMILES string of the molecule is CCc1nc(COCCC2CCCNC2)no1. The molecule has 0 radical (unpaired) electrons. The Balaban J connectivity index is 1.59. The highest BCUT2D eigenvalue weighted by atomic mass is 16.5. The van der Waals surface area contributed by atoms with Crippen LogP contribution in [0.1, 0.15) is 37.9 Å². The van der Waals surface area contributed by atoms with Crippen LogP contribution >= 0.6 is 0 Å². The zero-order valence-corrected chi connectivity index (χ0v) is 10.4. The quantitative estimate of drug-likeness (QED) is 0.763. The molecule has 1 fully saturated rings. The van der Waals surface area contributed by atoms with E-state index >= 15 is 0 Å². The van der Waals surface area contributed by atoms with E-state index in [1.807, 2.05) is 6.92 Å². The molecule has 5 nitrogen and oxygen atoms in total. The lowest BCUT2D eigenvalue weighted by Gasteiger charge is -2.22. The van der Waals surface area contributed by atoms with Gasteiger partial charge in [-0.1, -0.05) is 12.1 Å². The number of aryl methyl sites for hydroxylation is 1. The van der Waals surface area contributed by atoms with Gasteiger partial charge in [-0.15, -0.1) is 0 Å². The predicted octanol–water partition coefficient (Wildman–Crippen LogP) is 1.54. The smallest absolute Gasteiger partial charge is 0.226 e.